The van der Waals surface area contributed by atoms with Gasteiger partial charge in [-0.05, 0) is 25.5 Å². The first-order valence-corrected chi connectivity index (χ1v) is 4.31. The molecule has 0 radical (unpaired) electrons. The van der Waals surface area contributed by atoms with Gasteiger partial charge in [-0.3, -0.25) is 10.1 Å². The van der Waals surface area contributed by atoms with Crippen molar-refractivity contribution in [3.63, 3.8) is 0 Å². The molecule has 0 aliphatic carbocycles. The normalized spacial score (nSPS) is 9.80. The van der Waals surface area contributed by atoms with E-state index in [1.807, 2.05) is 0 Å². The Morgan fingerprint density at radius 2 is 2.00 bits per heavy atom. The van der Waals surface area contributed by atoms with Gasteiger partial charge in [-0.15, -0.1) is 0 Å². The lowest BCUT2D eigenvalue weighted by molar-refractivity contribution is -0.385. The molecule has 0 atom stereocenters. The molecule has 5 nitrogen and oxygen atoms in total. The van der Waals surface area contributed by atoms with E-state index in [0.717, 1.165) is 0 Å². The number of methoxy groups -OCH3 is 1. The molecule has 0 N–H and O–H groups in total. The smallest absolute Gasteiger partial charge is 0.338 e. The van der Waals surface area contributed by atoms with Crippen LogP contribution in [0.25, 0.3) is 0 Å². The van der Waals surface area contributed by atoms with Gasteiger partial charge in [0, 0.05) is 11.6 Å². The molecule has 0 saturated heterocycles. The Hall–Kier alpha value is -1.91. The Morgan fingerprint density at radius 3 is 2.47 bits per heavy atom. The second kappa shape index (κ2) is 4.08. The van der Waals surface area contributed by atoms with Gasteiger partial charge in [0.1, 0.15) is 0 Å². The molecule has 1 aromatic carbocycles. The van der Waals surface area contributed by atoms with Gasteiger partial charge in [0.2, 0.25) is 0 Å². The van der Waals surface area contributed by atoms with Gasteiger partial charge in [-0.1, -0.05) is 0 Å². The summed E-state index contributed by atoms with van der Waals surface area (Å²) >= 11 is 0. The molecule has 1 aromatic rings. The average Bonchev–Trinajstić information content (AvgIpc) is 2.20. The number of nitro groups is 1. The zero-order chi connectivity index (χ0) is 11.6. The molecule has 0 aliphatic rings. The van der Waals surface area contributed by atoms with E-state index in [1.54, 1.807) is 19.9 Å². The topological polar surface area (TPSA) is 69.4 Å². The van der Waals surface area contributed by atoms with Crippen molar-refractivity contribution in [3.05, 3.63) is 38.9 Å². The van der Waals surface area contributed by atoms with Crippen LogP contribution in [-0.4, -0.2) is 18.0 Å². The van der Waals surface area contributed by atoms with Crippen molar-refractivity contribution in [1.29, 1.82) is 0 Å². The van der Waals surface area contributed by atoms with Crippen LogP contribution < -0.4 is 0 Å². The fourth-order valence-electron chi connectivity index (χ4n) is 1.27. The fraction of sp³-hybridized carbons (Fsp3) is 0.300. The third-order valence-corrected chi connectivity index (χ3v) is 2.26. The fourth-order valence-corrected chi connectivity index (χ4v) is 1.27. The van der Waals surface area contributed by atoms with Crippen molar-refractivity contribution in [3.8, 4) is 0 Å². The SMILES string of the molecule is COC(=O)c1cc(C)c(C)c([N+](=O)[O-])c1. The van der Waals surface area contributed by atoms with Crippen molar-refractivity contribution < 1.29 is 14.5 Å². The van der Waals surface area contributed by atoms with E-state index < -0.39 is 10.9 Å². The maximum absolute atomic E-state index is 11.2. The van der Waals surface area contributed by atoms with Crippen LogP contribution in [0.3, 0.4) is 0 Å². The summed E-state index contributed by atoms with van der Waals surface area (Å²) in [6.07, 6.45) is 0. The standard InChI is InChI=1S/C10H11NO4/c1-6-4-8(10(12)15-3)5-9(7(6)2)11(13)14/h4-5H,1-3H3. The molecule has 15 heavy (non-hydrogen) atoms. The first-order chi connectivity index (χ1) is 6.97. The van der Waals surface area contributed by atoms with E-state index in [0.29, 0.717) is 11.1 Å². The number of benzene rings is 1. The lowest BCUT2D eigenvalue weighted by Gasteiger charge is -2.04. The summed E-state index contributed by atoms with van der Waals surface area (Å²) in [5.41, 5.74) is 1.40. The second-order valence-electron chi connectivity index (χ2n) is 3.19. The minimum atomic E-state index is -0.568. The van der Waals surface area contributed by atoms with Gasteiger partial charge in [0.15, 0.2) is 0 Å². The van der Waals surface area contributed by atoms with E-state index in [2.05, 4.69) is 4.74 Å². The molecular weight excluding hydrogens is 198 g/mol. The van der Waals surface area contributed by atoms with Crippen LogP contribution in [0.2, 0.25) is 0 Å². The summed E-state index contributed by atoms with van der Waals surface area (Å²) in [5, 5.41) is 10.7. The largest absolute Gasteiger partial charge is 0.465 e. The minimum absolute atomic E-state index is 0.0598. The van der Waals surface area contributed by atoms with Crippen molar-refractivity contribution in [1.82, 2.24) is 0 Å². The molecule has 0 unspecified atom stereocenters. The second-order valence-corrected chi connectivity index (χ2v) is 3.19. The van der Waals surface area contributed by atoms with E-state index >= 15 is 0 Å². The lowest BCUT2D eigenvalue weighted by atomic mass is 10.0. The average molecular weight is 209 g/mol. The van der Waals surface area contributed by atoms with Crippen molar-refractivity contribution in [2.75, 3.05) is 7.11 Å². The van der Waals surface area contributed by atoms with Crippen LogP contribution in [0.15, 0.2) is 12.1 Å². The maximum Gasteiger partial charge on any atom is 0.338 e. The predicted molar refractivity (Wildman–Crippen MR) is 53.9 cm³/mol. The Bertz CT molecular complexity index is 426. The van der Waals surface area contributed by atoms with Gasteiger partial charge in [0.05, 0.1) is 17.6 Å². The third kappa shape index (κ3) is 2.12. The van der Waals surface area contributed by atoms with Gasteiger partial charge in [-0.25, -0.2) is 4.79 Å². The van der Waals surface area contributed by atoms with E-state index in [4.69, 9.17) is 0 Å². The summed E-state index contributed by atoms with van der Waals surface area (Å²) in [4.78, 5) is 21.4. The first kappa shape index (κ1) is 11.2. The highest BCUT2D eigenvalue weighted by atomic mass is 16.6. The van der Waals surface area contributed by atoms with Gasteiger partial charge in [-0.2, -0.15) is 0 Å². The van der Waals surface area contributed by atoms with Crippen molar-refractivity contribution in [2.24, 2.45) is 0 Å². The van der Waals surface area contributed by atoms with Gasteiger partial charge < -0.3 is 4.74 Å². The number of carbonyl (C=O) groups is 1. The zero-order valence-electron chi connectivity index (χ0n) is 8.73. The molecule has 0 bridgehead atoms. The summed E-state index contributed by atoms with van der Waals surface area (Å²) in [6.45, 7) is 3.36. The van der Waals surface area contributed by atoms with Crippen molar-refractivity contribution in [2.45, 2.75) is 13.8 Å². The Labute approximate surface area is 86.8 Å². The van der Waals surface area contributed by atoms with Crippen LogP contribution >= 0.6 is 0 Å². The molecule has 0 aliphatic heterocycles. The quantitative estimate of drug-likeness (QED) is 0.424. The summed E-state index contributed by atoms with van der Waals surface area (Å²) in [5.74, 6) is -0.568. The molecule has 5 heteroatoms. The first-order valence-electron chi connectivity index (χ1n) is 4.31. The summed E-state index contributed by atoms with van der Waals surface area (Å²) in [7, 11) is 1.24. The number of aryl methyl sites for hydroxylation is 1. The Balaban J connectivity index is 3.35. The highest BCUT2D eigenvalue weighted by Gasteiger charge is 2.17. The predicted octanol–water partition coefficient (Wildman–Crippen LogP) is 2.00. The van der Waals surface area contributed by atoms with Crippen LogP contribution in [-0.2, 0) is 4.74 Å². The van der Waals surface area contributed by atoms with Crippen LogP contribution in [0, 0.1) is 24.0 Å². The van der Waals surface area contributed by atoms with E-state index in [9.17, 15) is 14.9 Å². The number of nitrogens with zero attached hydrogens (tertiary/aromatic N) is 1. The molecule has 1 rings (SSSR count). The lowest BCUT2D eigenvalue weighted by Crippen LogP contribution is -2.04. The number of nitro benzene ring substituents is 1. The third-order valence-electron chi connectivity index (χ3n) is 2.26. The number of carbonyl (C=O) groups excluding carboxylic acids is 1. The number of esters is 1. The Morgan fingerprint density at radius 1 is 1.40 bits per heavy atom. The van der Waals surface area contributed by atoms with E-state index in [1.165, 1.54) is 13.2 Å². The monoisotopic (exact) mass is 209 g/mol. The van der Waals surface area contributed by atoms with E-state index in [-0.39, 0.29) is 11.3 Å². The highest BCUT2D eigenvalue weighted by molar-refractivity contribution is 5.90. The zero-order valence-corrected chi connectivity index (χ0v) is 8.73. The Kier molecular flexibility index (Phi) is 3.04. The summed E-state index contributed by atoms with van der Waals surface area (Å²) in [6, 6.07) is 2.81. The molecular formula is C10H11NO4. The molecule has 0 heterocycles. The van der Waals surface area contributed by atoms with Crippen LogP contribution in [0.1, 0.15) is 21.5 Å². The number of rotatable bonds is 2. The molecule has 0 fully saturated rings. The molecule has 0 saturated carbocycles. The maximum atomic E-state index is 11.2. The van der Waals surface area contributed by atoms with Crippen LogP contribution in [0.4, 0.5) is 5.69 Å². The minimum Gasteiger partial charge on any atom is -0.465 e. The molecule has 0 amide bonds. The number of hydrogen-bond acceptors (Lipinski definition) is 4. The number of hydrogen-bond donors (Lipinski definition) is 0. The molecule has 0 aromatic heterocycles. The van der Waals surface area contributed by atoms with Crippen molar-refractivity contribution >= 4 is 11.7 Å². The van der Waals surface area contributed by atoms with Gasteiger partial charge >= 0.3 is 5.97 Å². The summed E-state index contributed by atoms with van der Waals surface area (Å²) < 4.78 is 4.50. The molecule has 0 spiro atoms. The van der Waals surface area contributed by atoms with Crippen LogP contribution in [0.5, 0.6) is 0 Å². The van der Waals surface area contributed by atoms with Gasteiger partial charge in [0.25, 0.3) is 5.69 Å². The highest BCUT2D eigenvalue weighted by Crippen LogP contribution is 2.23. The molecule has 80 valence electrons. The number of ether oxygens (including phenoxy) is 1.